The second-order valence-corrected chi connectivity index (χ2v) is 4.97. The molecule has 0 fully saturated rings. The lowest BCUT2D eigenvalue weighted by atomic mass is 10.2. The number of nitriles is 1. The fourth-order valence-electron chi connectivity index (χ4n) is 2.03. The van der Waals surface area contributed by atoms with Crippen LogP contribution in [0.4, 0.5) is 5.69 Å². The van der Waals surface area contributed by atoms with Gasteiger partial charge in [0.25, 0.3) is 0 Å². The minimum atomic E-state index is 0.551. The summed E-state index contributed by atoms with van der Waals surface area (Å²) in [7, 11) is 0. The predicted octanol–water partition coefficient (Wildman–Crippen LogP) is 3.24. The Labute approximate surface area is 118 Å². The van der Waals surface area contributed by atoms with Gasteiger partial charge in [0.05, 0.1) is 23.0 Å². The molecule has 0 aliphatic rings. The molecule has 0 unspecified atom stereocenters. The molecule has 1 heterocycles. The van der Waals surface area contributed by atoms with Crippen molar-refractivity contribution < 1.29 is 0 Å². The molecule has 4 nitrogen and oxygen atoms in total. The first-order chi connectivity index (χ1) is 9.20. The fraction of sp³-hybridized carbons (Fsp3) is 0. The van der Waals surface area contributed by atoms with Crippen LogP contribution in [0.5, 0.6) is 0 Å². The third kappa shape index (κ3) is 1.86. The van der Waals surface area contributed by atoms with Crippen molar-refractivity contribution in [3.05, 3.63) is 52.6 Å². The van der Waals surface area contributed by atoms with Crippen LogP contribution in [0.3, 0.4) is 0 Å². The number of aromatic nitrogens is 2. The number of halogens is 1. The van der Waals surface area contributed by atoms with Gasteiger partial charge in [0.2, 0.25) is 0 Å². The number of fused-ring (bicyclic) bond motifs is 1. The summed E-state index contributed by atoms with van der Waals surface area (Å²) in [5.74, 6) is 0. The molecule has 1 aromatic heterocycles. The molecule has 0 amide bonds. The summed E-state index contributed by atoms with van der Waals surface area (Å²) in [6, 6.07) is 13.4. The first-order valence-corrected chi connectivity index (χ1v) is 6.42. The van der Waals surface area contributed by atoms with E-state index in [9.17, 15) is 5.26 Å². The Morgan fingerprint density at radius 1 is 1.26 bits per heavy atom. The van der Waals surface area contributed by atoms with E-state index in [-0.39, 0.29) is 0 Å². The number of nitrogen functional groups attached to an aromatic ring is 1. The topological polar surface area (TPSA) is 67.6 Å². The summed E-state index contributed by atoms with van der Waals surface area (Å²) in [6.07, 6.45) is 1.76. The van der Waals surface area contributed by atoms with Crippen molar-refractivity contribution >= 4 is 32.5 Å². The minimum absolute atomic E-state index is 0.551. The number of hydrogen-bond acceptors (Lipinski definition) is 3. The molecule has 0 aliphatic heterocycles. The van der Waals surface area contributed by atoms with Gasteiger partial charge in [-0.05, 0) is 46.3 Å². The summed E-state index contributed by atoms with van der Waals surface area (Å²) in [6.45, 7) is 0. The van der Waals surface area contributed by atoms with Gasteiger partial charge < -0.3 is 5.73 Å². The van der Waals surface area contributed by atoms with Crippen LogP contribution in [0.15, 0.2) is 47.1 Å². The third-order valence-corrected chi connectivity index (χ3v) is 3.59. The van der Waals surface area contributed by atoms with Crippen LogP contribution in [0, 0.1) is 11.3 Å². The molecule has 2 N–H and O–H groups in total. The van der Waals surface area contributed by atoms with Gasteiger partial charge in [0.1, 0.15) is 6.07 Å². The Bertz CT molecular complexity index is 814. The van der Waals surface area contributed by atoms with Crippen molar-refractivity contribution in [1.29, 1.82) is 5.26 Å². The molecule has 0 saturated heterocycles. The lowest BCUT2D eigenvalue weighted by Gasteiger charge is -2.07. The van der Waals surface area contributed by atoms with Crippen molar-refractivity contribution in [1.82, 2.24) is 9.78 Å². The van der Waals surface area contributed by atoms with Crippen LogP contribution in [0.1, 0.15) is 5.56 Å². The molecule has 0 bridgehead atoms. The van der Waals surface area contributed by atoms with Crippen molar-refractivity contribution in [3.8, 4) is 11.8 Å². The molecule has 3 rings (SSSR count). The Hall–Kier alpha value is -2.32. The molecular formula is C14H9BrN4. The zero-order chi connectivity index (χ0) is 13.4. The van der Waals surface area contributed by atoms with E-state index >= 15 is 0 Å². The maximum Gasteiger partial charge on any atom is 0.103 e. The molecule has 19 heavy (non-hydrogen) atoms. The summed E-state index contributed by atoms with van der Waals surface area (Å²) < 4.78 is 2.48. The van der Waals surface area contributed by atoms with Gasteiger partial charge in [-0.2, -0.15) is 10.4 Å². The van der Waals surface area contributed by atoms with Gasteiger partial charge in [-0.3, -0.25) is 0 Å². The highest BCUT2D eigenvalue weighted by molar-refractivity contribution is 9.10. The third-order valence-electron chi connectivity index (χ3n) is 2.93. The number of benzene rings is 2. The predicted molar refractivity (Wildman–Crippen MR) is 77.9 cm³/mol. The van der Waals surface area contributed by atoms with Crippen LogP contribution in [0.2, 0.25) is 0 Å². The molecular weight excluding hydrogens is 304 g/mol. The monoisotopic (exact) mass is 312 g/mol. The average Bonchev–Trinajstić information content (AvgIpc) is 2.81. The molecule has 2 aromatic carbocycles. The van der Waals surface area contributed by atoms with Crippen molar-refractivity contribution in [2.45, 2.75) is 0 Å². The van der Waals surface area contributed by atoms with Gasteiger partial charge in [-0.25, -0.2) is 4.68 Å². The van der Waals surface area contributed by atoms with Gasteiger partial charge in [-0.15, -0.1) is 0 Å². The van der Waals surface area contributed by atoms with Crippen molar-refractivity contribution in [2.75, 3.05) is 5.73 Å². The standard InChI is InChI=1S/C14H9BrN4/c15-12-2-1-3-13(11(12)7-16)19-14-6-10(17)5-4-9(14)8-18-19/h1-6,8H,17H2. The maximum absolute atomic E-state index is 9.28. The van der Waals surface area contributed by atoms with E-state index in [1.165, 1.54) is 0 Å². The first-order valence-electron chi connectivity index (χ1n) is 5.63. The number of nitrogens with zero attached hydrogens (tertiary/aromatic N) is 3. The lowest BCUT2D eigenvalue weighted by Crippen LogP contribution is -2.00. The zero-order valence-electron chi connectivity index (χ0n) is 9.84. The summed E-state index contributed by atoms with van der Waals surface area (Å²) in [5.41, 5.74) is 8.65. The summed E-state index contributed by atoms with van der Waals surface area (Å²) >= 11 is 3.38. The minimum Gasteiger partial charge on any atom is -0.399 e. The van der Waals surface area contributed by atoms with E-state index in [0.29, 0.717) is 11.3 Å². The number of rotatable bonds is 1. The Balaban J connectivity index is 2.34. The van der Waals surface area contributed by atoms with E-state index in [1.807, 2.05) is 36.4 Å². The van der Waals surface area contributed by atoms with Gasteiger partial charge in [0.15, 0.2) is 0 Å². The second-order valence-electron chi connectivity index (χ2n) is 4.12. The highest BCUT2D eigenvalue weighted by Gasteiger charge is 2.11. The van der Waals surface area contributed by atoms with Gasteiger partial charge in [0, 0.05) is 15.5 Å². The largest absolute Gasteiger partial charge is 0.399 e. The molecule has 0 aliphatic carbocycles. The van der Waals surface area contributed by atoms with E-state index in [4.69, 9.17) is 5.73 Å². The van der Waals surface area contributed by atoms with Crippen LogP contribution in [-0.2, 0) is 0 Å². The summed E-state index contributed by atoms with van der Waals surface area (Å²) in [4.78, 5) is 0. The molecule has 5 heteroatoms. The molecule has 92 valence electrons. The Morgan fingerprint density at radius 2 is 2.11 bits per heavy atom. The fourth-order valence-corrected chi connectivity index (χ4v) is 2.47. The van der Waals surface area contributed by atoms with Gasteiger partial charge >= 0.3 is 0 Å². The Morgan fingerprint density at radius 3 is 2.89 bits per heavy atom. The van der Waals surface area contributed by atoms with E-state index in [2.05, 4.69) is 27.1 Å². The quantitative estimate of drug-likeness (QED) is 0.701. The average molecular weight is 313 g/mol. The lowest BCUT2D eigenvalue weighted by molar-refractivity contribution is 0.906. The zero-order valence-corrected chi connectivity index (χ0v) is 11.4. The second kappa shape index (κ2) is 4.41. The van der Waals surface area contributed by atoms with Crippen molar-refractivity contribution in [2.24, 2.45) is 0 Å². The highest BCUT2D eigenvalue weighted by Crippen LogP contribution is 2.26. The number of nitrogens with two attached hydrogens (primary N) is 1. The van der Waals surface area contributed by atoms with Crippen LogP contribution in [0.25, 0.3) is 16.6 Å². The molecule has 0 atom stereocenters. The molecule has 0 spiro atoms. The number of anilines is 1. The molecule has 0 saturated carbocycles. The van der Waals surface area contributed by atoms with Crippen LogP contribution < -0.4 is 5.73 Å². The summed E-state index contributed by atoms with van der Waals surface area (Å²) in [5, 5.41) is 14.6. The van der Waals surface area contributed by atoms with E-state index in [0.717, 1.165) is 21.1 Å². The van der Waals surface area contributed by atoms with E-state index < -0.39 is 0 Å². The molecule has 0 radical (unpaired) electrons. The SMILES string of the molecule is N#Cc1c(Br)cccc1-n1ncc2ccc(N)cc21. The maximum atomic E-state index is 9.28. The highest BCUT2D eigenvalue weighted by atomic mass is 79.9. The normalized spacial score (nSPS) is 10.5. The van der Waals surface area contributed by atoms with Crippen LogP contribution >= 0.6 is 15.9 Å². The molecule has 3 aromatic rings. The van der Waals surface area contributed by atoms with Crippen molar-refractivity contribution in [3.63, 3.8) is 0 Å². The number of hydrogen-bond donors (Lipinski definition) is 1. The van der Waals surface area contributed by atoms with Gasteiger partial charge in [-0.1, -0.05) is 6.07 Å². The van der Waals surface area contributed by atoms with Crippen LogP contribution in [-0.4, -0.2) is 9.78 Å². The van der Waals surface area contributed by atoms with E-state index in [1.54, 1.807) is 10.9 Å². The Kier molecular flexibility index (Phi) is 2.73. The smallest absolute Gasteiger partial charge is 0.103 e. The first kappa shape index (κ1) is 11.8.